The Morgan fingerprint density at radius 2 is 2.05 bits per heavy atom. The molecule has 2 atom stereocenters. The van der Waals surface area contributed by atoms with Crippen molar-refractivity contribution >= 4 is 5.91 Å². The topological polar surface area (TPSA) is 53.7 Å². The first-order valence-electron chi connectivity index (χ1n) is 7.37. The average Bonchev–Trinajstić information content (AvgIpc) is 3.17. The van der Waals surface area contributed by atoms with E-state index in [1.165, 1.54) is 12.1 Å². The maximum absolute atomic E-state index is 12.9. The summed E-state index contributed by atoms with van der Waals surface area (Å²) in [6.45, 7) is 2.92. The fraction of sp³-hybridized carbons (Fsp3) is 0.353. The molecule has 2 heterocycles. The number of nitrogens with zero attached hydrogens (tertiary/aromatic N) is 1. The Morgan fingerprint density at radius 3 is 2.68 bits per heavy atom. The van der Waals surface area contributed by atoms with Crippen LogP contribution in [-0.2, 0) is 0 Å². The van der Waals surface area contributed by atoms with Gasteiger partial charge in [-0.3, -0.25) is 4.79 Å². The Balaban J connectivity index is 1.74. The van der Waals surface area contributed by atoms with Crippen LogP contribution in [0.15, 0.2) is 40.8 Å². The van der Waals surface area contributed by atoms with Crippen LogP contribution in [0.4, 0.5) is 4.39 Å². The van der Waals surface area contributed by atoms with Crippen LogP contribution in [0.2, 0.25) is 0 Å². The van der Waals surface area contributed by atoms with Crippen LogP contribution < -0.4 is 0 Å². The number of hydrogen-bond donors (Lipinski definition) is 1. The van der Waals surface area contributed by atoms with Gasteiger partial charge in [-0.05, 0) is 49.7 Å². The summed E-state index contributed by atoms with van der Waals surface area (Å²) in [5, 5.41) is 9.61. The van der Waals surface area contributed by atoms with E-state index in [2.05, 4.69) is 0 Å². The highest BCUT2D eigenvalue weighted by Crippen LogP contribution is 2.26. The molecule has 2 unspecified atom stereocenters. The molecule has 116 valence electrons. The molecule has 4 nitrogen and oxygen atoms in total. The van der Waals surface area contributed by atoms with Gasteiger partial charge in [-0.1, -0.05) is 0 Å². The van der Waals surface area contributed by atoms with Gasteiger partial charge in [-0.2, -0.15) is 0 Å². The molecule has 0 aliphatic carbocycles. The van der Waals surface area contributed by atoms with Crippen molar-refractivity contribution in [2.24, 2.45) is 5.92 Å². The van der Waals surface area contributed by atoms with E-state index in [1.54, 1.807) is 36.1 Å². The third-order valence-electron chi connectivity index (χ3n) is 4.14. The normalized spacial score (nSPS) is 19.4. The molecular formula is C17H18FNO3. The van der Waals surface area contributed by atoms with Crippen LogP contribution in [0.1, 0.15) is 23.9 Å². The minimum Gasteiger partial charge on any atom is -0.451 e. The Hall–Kier alpha value is -2.14. The molecule has 1 N–H and O–H groups in total. The summed E-state index contributed by atoms with van der Waals surface area (Å²) >= 11 is 0. The van der Waals surface area contributed by atoms with Crippen molar-refractivity contribution in [1.29, 1.82) is 0 Å². The molecular weight excluding hydrogens is 285 g/mol. The van der Waals surface area contributed by atoms with Gasteiger partial charge in [0.05, 0.1) is 6.10 Å². The summed E-state index contributed by atoms with van der Waals surface area (Å²) in [6.07, 6.45) is 0.388. The van der Waals surface area contributed by atoms with Crippen LogP contribution in [0.5, 0.6) is 0 Å². The average molecular weight is 303 g/mol. The van der Waals surface area contributed by atoms with E-state index in [0.29, 0.717) is 18.8 Å². The molecule has 2 aromatic rings. The van der Waals surface area contributed by atoms with Gasteiger partial charge in [0, 0.05) is 24.6 Å². The molecule has 0 saturated carbocycles. The number of aliphatic hydroxyl groups excluding tert-OH is 1. The maximum atomic E-state index is 12.9. The van der Waals surface area contributed by atoms with Gasteiger partial charge < -0.3 is 14.4 Å². The molecule has 1 aliphatic rings. The maximum Gasteiger partial charge on any atom is 0.289 e. The Morgan fingerprint density at radius 1 is 1.32 bits per heavy atom. The van der Waals surface area contributed by atoms with Crippen molar-refractivity contribution in [1.82, 2.24) is 4.90 Å². The van der Waals surface area contributed by atoms with Gasteiger partial charge >= 0.3 is 0 Å². The number of carbonyl (C=O) groups excluding carboxylic acids is 1. The Bertz CT molecular complexity index is 663. The number of furan rings is 1. The molecule has 1 fully saturated rings. The van der Waals surface area contributed by atoms with Gasteiger partial charge in [-0.15, -0.1) is 0 Å². The van der Waals surface area contributed by atoms with E-state index in [9.17, 15) is 14.3 Å². The van der Waals surface area contributed by atoms with Gasteiger partial charge in [0.15, 0.2) is 5.76 Å². The molecule has 1 amide bonds. The van der Waals surface area contributed by atoms with Crippen molar-refractivity contribution in [3.05, 3.63) is 48.0 Å². The smallest absolute Gasteiger partial charge is 0.289 e. The summed E-state index contributed by atoms with van der Waals surface area (Å²) < 4.78 is 18.5. The van der Waals surface area contributed by atoms with Crippen LogP contribution in [-0.4, -0.2) is 35.1 Å². The first kappa shape index (κ1) is 14.8. The molecule has 0 spiro atoms. The zero-order valence-corrected chi connectivity index (χ0v) is 12.3. The third kappa shape index (κ3) is 2.90. The molecule has 22 heavy (non-hydrogen) atoms. The number of halogens is 1. The molecule has 1 saturated heterocycles. The van der Waals surface area contributed by atoms with Crippen LogP contribution in [0.25, 0.3) is 11.3 Å². The molecule has 3 rings (SSSR count). The van der Waals surface area contributed by atoms with E-state index >= 15 is 0 Å². The second-order valence-corrected chi connectivity index (χ2v) is 5.71. The predicted octanol–water partition coefficient (Wildman–Crippen LogP) is 2.93. The van der Waals surface area contributed by atoms with E-state index in [4.69, 9.17) is 4.42 Å². The van der Waals surface area contributed by atoms with E-state index in [-0.39, 0.29) is 23.4 Å². The number of aliphatic hydroxyl groups is 1. The van der Waals surface area contributed by atoms with Crippen LogP contribution in [0, 0.1) is 11.7 Å². The zero-order chi connectivity index (χ0) is 15.7. The molecule has 1 aromatic carbocycles. The lowest BCUT2D eigenvalue weighted by Gasteiger charge is -2.16. The summed E-state index contributed by atoms with van der Waals surface area (Å²) in [6, 6.07) is 9.28. The Kier molecular flexibility index (Phi) is 3.98. The lowest BCUT2D eigenvalue weighted by Crippen LogP contribution is -2.30. The largest absolute Gasteiger partial charge is 0.451 e. The van der Waals surface area contributed by atoms with Gasteiger partial charge in [0.1, 0.15) is 11.6 Å². The van der Waals surface area contributed by atoms with Crippen molar-refractivity contribution in [2.75, 3.05) is 13.1 Å². The van der Waals surface area contributed by atoms with Crippen molar-refractivity contribution < 1.29 is 18.7 Å². The highest BCUT2D eigenvalue weighted by Gasteiger charge is 2.30. The predicted molar refractivity (Wildman–Crippen MR) is 79.8 cm³/mol. The summed E-state index contributed by atoms with van der Waals surface area (Å²) in [5.74, 6) is 0.444. The van der Waals surface area contributed by atoms with E-state index in [0.717, 1.165) is 12.0 Å². The first-order valence-corrected chi connectivity index (χ1v) is 7.37. The van der Waals surface area contributed by atoms with Gasteiger partial charge in [0.25, 0.3) is 5.91 Å². The van der Waals surface area contributed by atoms with Gasteiger partial charge in [-0.25, -0.2) is 4.39 Å². The monoisotopic (exact) mass is 303 g/mol. The van der Waals surface area contributed by atoms with E-state index in [1.807, 2.05) is 0 Å². The highest BCUT2D eigenvalue weighted by molar-refractivity contribution is 5.92. The second-order valence-electron chi connectivity index (χ2n) is 5.71. The second kappa shape index (κ2) is 5.93. The quantitative estimate of drug-likeness (QED) is 0.948. The summed E-state index contributed by atoms with van der Waals surface area (Å²) in [5.41, 5.74) is 0.726. The van der Waals surface area contributed by atoms with Crippen LogP contribution in [0.3, 0.4) is 0 Å². The molecule has 5 heteroatoms. The standard InChI is InChI=1S/C17H18FNO3/c1-11(20)13-8-9-19(10-13)17(21)16-7-6-15(22-16)12-2-4-14(18)5-3-12/h2-7,11,13,20H,8-10H2,1H3. The van der Waals surface area contributed by atoms with Gasteiger partial charge in [0.2, 0.25) is 0 Å². The highest BCUT2D eigenvalue weighted by atomic mass is 19.1. The minimum atomic E-state index is -0.413. The zero-order valence-electron chi connectivity index (χ0n) is 12.3. The number of amides is 1. The molecule has 1 aromatic heterocycles. The van der Waals surface area contributed by atoms with Crippen molar-refractivity contribution in [3.63, 3.8) is 0 Å². The first-order chi connectivity index (χ1) is 10.5. The number of rotatable bonds is 3. The Labute approximate surface area is 128 Å². The lowest BCUT2D eigenvalue weighted by atomic mass is 10.0. The third-order valence-corrected chi connectivity index (χ3v) is 4.14. The number of likely N-dealkylation sites (tertiary alicyclic amines) is 1. The number of benzene rings is 1. The van der Waals surface area contributed by atoms with Crippen molar-refractivity contribution in [2.45, 2.75) is 19.4 Å². The SMILES string of the molecule is CC(O)C1CCN(C(=O)c2ccc(-c3ccc(F)cc3)o2)C1. The summed E-state index contributed by atoms with van der Waals surface area (Å²) in [7, 11) is 0. The fourth-order valence-corrected chi connectivity index (χ4v) is 2.74. The molecule has 0 radical (unpaired) electrons. The summed E-state index contributed by atoms with van der Waals surface area (Å²) in [4.78, 5) is 14.1. The van der Waals surface area contributed by atoms with Crippen molar-refractivity contribution in [3.8, 4) is 11.3 Å². The van der Waals surface area contributed by atoms with Crippen LogP contribution >= 0.6 is 0 Å². The fourth-order valence-electron chi connectivity index (χ4n) is 2.74. The molecule has 0 bridgehead atoms. The minimum absolute atomic E-state index is 0.121. The number of hydrogen-bond acceptors (Lipinski definition) is 3. The molecule has 1 aliphatic heterocycles. The number of carbonyl (C=O) groups is 1. The lowest BCUT2D eigenvalue weighted by molar-refractivity contribution is 0.0732. The van der Waals surface area contributed by atoms with E-state index < -0.39 is 6.10 Å².